The Balaban J connectivity index is 1.91. The summed E-state index contributed by atoms with van der Waals surface area (Å²) in [5, 5.41) is 10.1. The van der Waals surface area contributed by atoms with Gasteiger partial charge < -0.3 is 19.7 Å². The number of aromatic amines is 1. The molecule has 0 atom stereocenters. The molecule has 2 aromatic carbocycles. The minimum Gasteiger partial charge on any atom is -0.501 e. The number of hydrogen-bond acceptors (Lipinski definition) is 5. The van der Waals surface area contributed by atoms with Gasteiger partial charge in [-0.3, -0.25) is 9.59 Å². The standard InChI is InChI=1S/C22H23N3O4/c1-13-5-6-15(11-14(13)2)12-25(3)22(28)18-19(26)21(27)24-20(23-18)16-7-9-17(29-4)10-8-16/h5-11,26H,12H2,1-4H3,(H,23,24,27). The van der Waals surface area contributed by atoms with Crippen molar-refractivity contribution in [1.29, 1.82) is 0 Å². The van der Waals surface area contributed by atoms with Crippen LogP contribution in [-0.4, -0.2) is 40.0 Å². The molecule has 0 aliphatic carbocycles. The highest BCUT2D eigenvalue weighted by Crippen LogP contribution is 2.21. The molecule has 0 unspecified atom stereocenters. The van der Waals surface area contributed by atoms with Crippen LogP contribution in [0.5, 0.6) is 11.5 Å². The zero-order chi connectivity index (χ0) is 21.1. The lowest BCUT2D eigenvalue weighted by Crippen LogP contribution is -2.29. The van der Waals surface area contributed by atoms with E-state index in [1.165, 1.54) is 10.5 Å². The van der Waals surface area contributed by atoms with Crippen molar-refractivity contribution in [3.8, 4) is 22.9 Å². The number of methoxy groups -OCH3 is 1. The summed E-state index contributed by atoms with van der Waals surface area (Å²) >= 11 is 0. The molecule has 1 aromatic heterocycles. The van der Waals surface area contributed by atoms with Gasteiger partial charge in [-0.15, -0.1) is 0 Å². The Bertz CT molecular complexity index is 1100. The number of hydrogen-bond donors (Lipinski definition) is 2. The molecule has 0 aliphatic heterocycles. The minimum absolute atomic E-state index is 0.193. The lowest BCUT2D eigenvalue weighted by molar-refractivity contribution is 0.0775. The van der Waals surface area contributed by atoms with E-state index in [1.54, 1.807) is 38.4 Å². The molecule has 150 valence electrons. The van der Waals surface area contributed by atoms with Gasteiger partial charge in [0.1, 0.15) is 11.6 Å². The number of carbonyl (C=O) groups is 1. The van der Waals surface area contributed by atoms with E-state index in [0.29, 0.717) is 17.9 Å². The van der Waals surface area contributed by atoms with Crippen molar-refractivity contribution in [2.24, 2.45) is 0 Å². The molecule has 0 fully saturated rings. The van der Waals surface area contributed by atoms with Gasteiger partial charge in [-0.1, -0.05) is 18.2 Å². The van der Waals surface area contributed by atoms with Gasteiger partial charge in [-0.2, -0.15) is 0 Å². The third kappa shape index (κ3) is 4.29. The minimum atomic E-state index is -0.770. The summed E-state index contributed by atoms with van der Waals surface area (Å²) in [6.45, 7) is 4.35. The molecule has 7 nitrogen and oxygen atoms in total. The summed E-state index contributed by atoms with van der Waals surface area (Å²) in [5.74, 6) is -0.390. The van der Waals surface area contributed by atoms with Gasteiger partial charge in [0.25, 0.3) is 11.5 Å². The van der Waals surface area contributed by atoms with Crippen LogP contribution in [-0.2, 0) is 6.54 Å². The van der Waals surface area contributed by atoms with Crippen LogP contribution in [0.25, 0.3) is 11.4 Å². The van der Waals surface area contributed by atoms with E-state index in [0.717, 1.165) is 11.1 Å². The average molecular weight is 393 g/mol. The molecule has 2 N–H and O–H groups in total. The molecule has 0 spiro atoms. The number of H-pyrrole nitrogens is 1. The number of nitrogens with one attached hydrogen (secondary N) is 1. The molecule has 0 radical (unpaired) electrons. The number of aromatic nitrogens is 2. The van der Waals surface area contributed by atoms with Crippen molar-refractivity contribution in [2.75, 3.05) is 14.2 Å². The second-order valence-electron chi connectivity index (χ2n) is 6.92. The molecular formula is C22H23N3O4. The van der Waals surface area contributed by atoms with Gasteiger partial charge >= 0.3 is 0 Å². The number of benzene rings is 2. The van der Waals surface area contributed by atoms with Crippen molar-refractivity contribution in [3.63, 3.8) is 0 Å². The molecule has 0 saturated carbocycles. The first-order chi connectivity index (χ1) is 13.8. The monoisotopic (exact) mass is 393 g/mol. The maximum absolute atomic E-state index is 12.9. The fourth-order valence-electron chi connectivity index (χ4n) is 2.93. The molecule has 1 amide bonds. The predicted molar refractivity (Wildman–Crippen MR) is 110 cm³/mol. The van der Waals surface area contributed by atoms with Gasteiger partial charge in [-0.25, -0.2) is 4.98 Å². The van der Waals surface area contributed by atoms with E-state index in [2.05, 4.69) is 9.97 Å². The number of aromatic hydroxyl groups is 1. The van der Waals surface area contributed by atoms with Crippen LogP contribution in [0.15, 0.2) is 47.3 Å². The van der Waals surface area contributed by atoms with Crippen LogP contribution in [0, 0.1) is 13.8 Å². The van der Waals surface area contributed by atoms with Crippen molar-refractivity contribution in [1.82, 2.24) is 14.9 Å². The number of aryl methyl sites for hydroxylation is 2. The fourth-order valence-corrected chi connectivity index (χ4v) is 2.93. The molecule has 3 rings (SSSR count). The van der Waals surface area contributed by atoms with Crippen LogP contribution in [0.1, 0.15) is 27.2 Å². The Hall–Kier alpha value is -3.61. The van der Waals surface area contributed by atoms with Crippen molar-refractivity contribution < 1.29 is 14.6 Å². The third-order valence-corrected chi connectivity index (χ3v) is 4.80. The zero-order valence-electron chi connectivity index (χ0n) is 16.8. The summed E-state index contributed by atoms with van der Waals surface area (Å²) in [5.41, 5.74) is 2.78. The SMILES string of the molecule is COc1ccc(-c2nc(C(=O)N(C)Cc3ccc(C)c(C)c3)c(O)c(=O)[nH]2)cc1. The number of nitrogens with zero attached hydrogens (tertiary/aromatic N) is 2. The van der Waals surface area contributed by atoms with Gasteiger partial charge in [0.05, 0.1) is 7.11 Å². The number of rotatable bonds is 5. The zero-order valence-corrected chi connectivity index (χ0v) is 16.8. The van der Waals surface area contributed by atoms with Crippen LogP contribution in [0.3, 0.4) is 0 Å². The molecule has 29 heavy (non-hydrogen) atoms. The lowest BCUT2D eigenvalue weighted by Gasteiger charge is -2.18. The second kappa shape index (κ2) is 8.18. The van der Waals surface area contributed by atoms with Crippen molar-refractivity contribution in [2.45, 2.75) is 20.4 Å². The van der Waals surface area contributed by atoms with Crippen molar-refractivity contribution in [3.05, 3.63) is 75.2 Å². The highest BCUT2D eigenvalue weighted by Gasteiger charge is 2.22. The van der Waals surface area contributed by atoms with Crippen LogP contribution in [0.2, 0.25) is 0 Å². The Morgan fingerprint density at radius 1 is 1.14 bits per heavy atom. The van der Waals surface area contributed by atoms with Gasteiger partial charge in [0.15, 0.2) is 5.69 Å². The molecule has 0 saturated heterocycles. The normalized spacial score (nSPS) is 10.6. The lowest BCUT2D eigenvalue weighted by atomic mass is 10.1. The Labute approximate surface area is 168 Å². The first-order valence-electron chi connectivity index (χ1n) is 9.09. The predicted octanol–water partition coefficient (Wildman–Crippen LogP) is 3.04. The van der Waals surface area contributed by atoms with Crippen molar-refractivity contribution >= 4 is 5.91 Å². The number of amides is 1. The summed E-state index contributed by atoms with van der Waals surface area (Å²) in [4.78, 5) is 33.2. The Kier molecular flexibility index (Phi) is 5.68. The highest BCUT2D eigenvalue weighted by molar-refractivity contribution is 5.95. The summed E-state index contributed by atoms with van der Waals surface area (Å²) in [6, 6.07) is 12.8. The number of ether oxygens (including phenoxy) is 1. The quantitative estimate of drug-likeness (QED) is 0.695. The molecule has 3 aromatic rings. The topological polar surface area (TPSA) is 95.5 Å². The fraction of sp³-hybridized carbons (Fsp3) is 0.227. The summed E-state index contributed by atoms with van der Waals surface area (Å²) in [6.07, 6.45) is 0. The Morgan fingerprint density at radius 2 is 1.83 bits per heavy atom. The van der Waals surface area contributed by atoms with E-state index in [9.17, 15) is 14.7 Å². The third-order valence-electron chi connectivity index (χ3n) is 4.80. The van der Waals surface area contributed by atoms with Gasteiger partial charge in [0.2, 0.25) is 5.75 Å². The molecule has 1 heterocycles. The average Bonchev–Trinajstić information content (AvgIpc) is 2.72. The molecule has 0 aliphatic rings. The van der Waals surface area contributed by atoms with Crippen LogP contribution >= 0.6 is 0 Å². The maximum Gasteiger partial charge on any atom is 0.294 e. The molecule has 7 heteroatoms. The van der Waals surface area contributed by atoms with E-state index in [4.69, 9.17) is 4.74 Å². The highest BCUT2D eigenvalue weighted by atomic mass is 16.5. The second-order valence-corrected chi connectivity index (χ2v) is 6.92. The number of carbonyl (C=O) groups excluding carboxylic acids is 1. The summed E-state index contributed by atoms with van der Waals surface area (Å²) < 4.78 is 5.12. The maximum atomic E-state index is 12.9. The van der Waals surface area contributed by atoms with Crippen LogP contribution in [0.4, 0.5) is 0 Å². The Morgan fingerprint density at radius 3 is 2.45 bits per heavy atom. The van der Waals surface area contributed by atoms with E-state index in [-0.39, 0.29) is 11.5 Å². The van der Waals surface area contributed by atoms with Gasteiger partial charge in [-0.05, 0) is 54.8 Å². The molecule has 0 bridgehead atoms. The largest absolute Gasteiger partial charge is 0.501 e. The van der Waals surface area contributed by atoms with E-state index in [1.807, 2.05) is 32.0 Å². The van der Waals surface area contributed by atoms with Gasteiger partial charge in [0, 0.05) is 19.2 Å². The van der Waals surface area contributed by atoms with Crippen LogP contribution < -0.4 is 10.3 Å². The summed E-state index contributed by atoms with van der Waals surface area (Å²) in [7, 11) is 3.16. The van der Waals surface area contributed by atoms with E-state index < -0.39 is 17.2 Å². The molecular weight excluding hydrogens is 370 g/mol. The first kappa shape index (κ1) is 20.1. The smallest absolute Gasteiger partial charge is 0.294 e. The first-order valence-corrected chi connectivity index (χ1v) is 9.09. The van der Waals surface area contributed by atoms with E-state index >= 15 is 0 Å².